The molecule has 10 nitrogen and oxygen atoms in total. The van der Waals surface area contributed by atoms with Crippen LogP contribution in [-0.2, 0) is 31.9 Å². The Morgan fingerprint density at radius 3 is 2.49 bits per heavy atom. The minimum absolute atomic E-state index is 0.195. The van der Waals surface area contributed by atoms with Gasteiger partial charge < -0.3 is 24.8 Å². The number of piperidine rings is 1. The van der Waals surface area contributed by atoms with Crippen molar-refractivity contribution in [3.05, 3.63) is 23.4 Å². The van der Waals surface area contributed by atoms with Crippen LogP contribution in [0.4, 0.5) is 10.6 Å². The molecule has 0 spiro atoms. The zero-order valence-electron chi connectivity index (χ0n) is 24.3. The number of aryl methyl sites for hydroxylation is 2. The van der Waals surface area contributed by atoms with Gasteiger partial charge in [0, 0.05) is 32.3 Å². The standard InChI is InChI=1S/C29H46N4O6/c1-6-38-26(35)24(30-21(2)34)29(37)15-19-32(20-16-29)17-9-7-8-12-23-14-13-22-11-10-18-33(25(22)31-23)27(36)39-28(3,4)5/h13-14,24,37H,6-12,15-20H2,1-5H3,(H,30,34). The van der Waals surface area contributed by atoms with E-state index in [1.807, 2.05) is 20.8 Å². The fraction of sp³-hybridized carbons (Fsp3) is 0.724. The first kappa shape index (κ1) is 30.8. The van der Waals surface area contributed by atoms with E-state index in [2.05, 4.69) is 22.3 Å². The van der Waals surface area contributed by atoms with E-state index in [1.165, 1.54) is 6.92 Å². The topological polar surface area (TPSA) is 121 Å². The first-order chi connectivity index (χ1) is 18.4. The molecule has 0 aromatic carbocycles. The summed E-state index contributed by atoms with van der Waals surface area (Å²) in [7, 11) is 0. The summed E-state index contributed by atoms with van der Waals surface area (Å²) in [5, 5.41) is 13.7. The van der Waals surface area contributed by atoms with Gasteiger partial charge in [-0.05, 0) is 90.8 Å². The van der Waals surface area contributed by atoms with Gasteiger partial charge in [-0.15, -0.1) is 0 Å². The lowest BCUT2D eigenvalue weighted by atomic mass is 9.84. The molecule has 0 radical (unpaired) electrons. The summed E-state index contributed by atoms with van der Waals surface area (Å²) in [5.74, 6) is -0.224. The molecule has 1 aromatic rings. The van der Waals surface area contributed by atoms with Crippen molar-refractivity contribution in [3.63, 3.8) is 0 Å². The van der Waals surface area contributed by atoms with Crippen molar-refractivity contribution in [1.82, 2.24) is 15.2 Å². The van der Waals surface area contributed by atoms with Crippen molar-refractivity contribution < 1.29 is 29.0 Å². The quantitative estimate of drug-likeness (QED) is 0.338. The molecule has 2 aliphatic rings. The van der Waals surface area contributed by atoms with Gasteiger partial charge in [0.1, 0.15) is 11.4 Å². The number of likely N-dealkylation sites (tertiary alicyclic amines) is 1. The normalized spacial score (nSPS) is 18.2. The number of aliphatic hydroxyl groups is 1. The Hall–Kier alpha value is -2.72. The van der Waals surface area contributed by atoms with Gasteiger partial charge in [0.2, 0.25) is 5.91 Å². The number of anilines is 1. The number of esters is 1. The van der Waals surface area contributed by atoms with Crippen molar-refractivity contribution in [2.75, 3.05) is 37.7 Å². The molecule has 3 heterocycles. The number of ether oxygens (including phenoxy) is 2. The van der Waals surface area contributed by atoms with Crippen molar-refractivity contribution in [2.24, 2.45) is 0 Å². The number of rotatable bonds is 10. The molecule has 1 unspecified atom stereocenters. The molecule has 3 rings (SSSR count). The lowest BCUT2D eigenvalue weighted by molar-refractivity contribution is -0.158. The predicted octanol–water partition coefficient (Wildman–Crippen LogP) is 3.38. The number of nitrogens with one attached hydrogen (secondary N) is 1. The van der Waals surface area contributed by atoms with E-state index < -0.39 is 23.2 Å². The summed E-state index contributed by atoms with van der Waals surface area (Å²) in [6.45, 7) is 11.7. The Labute approximate surface area is 232 Å². The lowest BCUT2D eigenvalue weighted by Gasteiger charge is -2.41. The van der Waals surface area contributed by atoms with Crippen LogP contribution in [0.1, 0.15) is 84.4 Å². The molecule has 39 heavy (non-hydrogen) atoms. The third-order valence-corrected chi connectivity index (χ3v) is 7.25. The number of hydrogen-bond acceptors (Lipinski definition) is 8. The van der Waals surface area contributed by atoms with E-state index in [9.17, 15) is 19.5 Å². The summed E-state index contributed by atoms with van der Waals surface area (Å²) in [4.78, 5) is 45.5. The smallest absolute Gasteiger partial charge is 0.416 e. The largest absolute Gasteiger partial charge is 0.464 e. The maximum absolute atomic E-state index is 12.7. The number of carbonyl (C=O) groups excluding carboxylic acids is 3. The van der Waals surface area contributed by atoms with Gasteiger partial charge in [0.25, 0.3) is 0 Å². The number of nitrogens with zero attached hydrogens (tertiary/aromatic N) is 3. The van der Waals surface area contributed by atoms with Crippen LogP contribution in [0.3, 0.4) is 0 Å². The predicted molar refractivity (Wildman–Crippen MR) is 149 cm³/mol. The van der Waals surface area contributed by atoms with E-state index in [4.69, 9.17) is 14.5 Å². The van der Waals surface area contributed by atoms with Crippen LogP contribution >= 0.6 is 0 Å². The third kappa shape index (κ3) is 8.89. The molecule has 2 aliphatic heterocycles. The van der Waals surface area contributed by atoms with Gasteiger partial charge in [0.15, 0.2) is 6.04 Å². The maximum Gasteiger partial charge on any atom is 0.416 e. The first-order valence-electron chi connectivity index (χ1n) is 14.3. The number of amides is 2. The van der Waals surface area contributed by atoms with Crippen LogP contribution in [0.15, 0.2) is 12.1 Å². The third-order valence-electron chi connectivity index (χ3n) is 7.25. The van der Waals surface area contributed by atoms with Crippen LogP contribution in [0.5, 0.6) is 0 Å². The molecule has 0 saturated carbocycles. The zero-order valence-corrected chi connectivity index (χ0v) is 24.3. The average Bonchev–Trinajstić information content (AvgIpc) is 2.86. The summed E-state index contributed by atoms with van der Waals surface area (Å²) >= 11 is 0. The van der Waals surface area contributed by atoms with Gasteiger partial charge in [-0.2, -0.15) is 0 Å². The number of hydrogen-bond donors (Lipinski definition) is 2. The minimum atomic E-state index is -1.31. The van der Waals surface area contributed by atoms with E-state index in [0.717, 1.165) is 62.1 Å². The van der Waals surface area contributed by atoms with Crippen LogP contribution in [0.2, 0.25) is 0 Å². The van der Waals surface area contributed by atoms with E-state index >= 15 is 0 Å². The second-order valence-electron chi connectivity index (χ2n) is 11.7. The van der Waals surface area contributed by atoms with Crippen LogP contribution in [-0.4, -0.2) is 83.0 Å². The monoisotopic (exact) mass is 546 g/mol. The fourth-order valence-electron chi connectivity index (χ4n) is 5.23. The van der Waals surface area contributed by atoms with Crippen LogP contribution in [0, 0.1) is 0 Å². The van der Waals surface area contributed by atoms with E-state index in [-0.39, 0.29) is 18.6 Å². The number of pyridine rings is 1. The molecule has 0 bridgehead atoms. The summed E-state index contributed by atoms with van der Waals surface area (Å²) in [6, 6.07) is 3.11. The number of carbonyl (C=O) groups is 3. The highest BCUT2D eigenvalue weighted by Crippen LogP contribution is 2.29. The Morgan fingerprint density at radius 1 is 1.13 bits per heavy atom. The Morgan fingerprint density at radius 2 is 1.85 bits per heavy atom. The van der Waals surface area contributed by atoms with Crippen molar-refractivity contribution >= 4 is 23.8 Å². The van der Waals surface area contributed by atoms with Gasteiger partial charge in [0.05, 0.1) is 12.2 Å². The highest BCUT2D eigenvalue weighted by atomic mass is 16.6. The second kappa shape index (κ2) is 13.6. The second-order valence-corrected chi connectivity index (χ2v) is 11.7. The molecule has 2 N–H and O–H groups in total. The molecule has 1 aromatic heterocycles. The average molecular weight is 547 g/mol. The molecule has 1 fully saturated rings. The van der Waals surface area contributed by atoms with E-state index in [0.29, 0.717) is 32.5 Å². The van der Waals surface area contributed by atoms with Gasteiger partial charge in [-0.3, -0.25) is 9.69 Å². The zero-order chi connectivity index (χ0) is 28.6. The molecular formula is C29H46N4O6. The Bertz CT molecular complexity index is 1000. The Kier molecular flexibility index (Phi) is 10.7. The molecule has 0 aliphatic carbocycles. The number of unbranched alkanes of at least 4 members (excludes halogenated alkanes) is 2. The maximum atomic E-state index is 12.7. The van der Waals surface area contributed by atoms with Gasteiger partial charge >= 0.3 is 12.1 Å². The highest BCUT2D eigenvalue weighted by Gasteiger charge is 2.45. The summed E-state index contributed by atoms with van der Waals surface area (Å²) < 4.78 is 10.7. The van der Waals surface area contributed by atoms with Crippen molar-refractivity contribution in [2.45, 2.75) is 103 Å². The lowest BCUT2D eigenvalue weighted by Crippen LogP contribution is -2.61. The van der Waals surface area contributed by atoms with E-state index in [1.54, 1.807) is 11.8 Å². The summed E-state index contributed by atoms with van der Waals surface area (Å²) in [6.07, 6.45) is 6.14. The molecule has 1 saturated heterocycles. The SMILES string of the molecule is CCOC(=O)C(NC(C)=O)C1(O)CCN(CCCCCc2ccc3c(n2)N(C(=O)OC(C)(C)C)CCC3)CC1. The van der Waals surface area contributed by atoms with Crippen LogP contribution in [0.25, 0.3) is 0 Å². The highest BCUT2D eigenvalue weighted by molar-refractivity contribution is 5.88. The molecule has 1 atom stereocenters. The molecule has 2 amide bonds. The summed E-state index contributed by atoms with van der Waals surface area (Å²) in [5.41, 5.74) is 0.215. The molecule has 218 valence electrons. The first-order valence-corrected chi connectivity index (χ1v) is 14.3. The molecular weight excluding hydrogens is 500 g/mol. The fourth-order valence-corrected chi connectivity index (χ4v) is 5.23. The van der Waals surface area contributed by atoms with Crippen LogP contribution < -0.4 is 10.2 Å². The molecule has 10 heteroatoms. The minimum Gasteiger partial charge on any atom is -0.464 e. The van der Waals surface area contributed by atoms with Crippen molar-refractivity contribution in [1.29, 1.82) is 0 Å². The number of fused-ring (bicyclic) bond motifs is 1. The van der Waals surface area contributed by atoms with Gasteiger partial charge in [-0.25, -0.2) is 14.6 Å². The Balaban J connectivity index is 1.44. The van der Waals surface area contributed by atoms with Crippen molar-refractivity contribution in [3.8, 4) is 0 Å². The number of aromatic nitrogens is 1. The van der Waals surface area contributed by atoms with Gasteiger partial charge in [-0.1, -0.05) is 12.5 Å².